The summed E-state index contributed by atoms with van der Waals surface area (Å²) in [7, 11) is 0. The topological polar surface area (TPSA) is 104 Å². The van der Waals surface area contributed by atoms with Crippen LogP contribution in [0.2, 0.25) is 0 Å². The minimum atomic E-state index is -0.691. The fourth-order valence-electron chi connectivity index (χ4n) is 1.64. The molecule has 0 saturated carbocycles. The van der Waals surface area contributed by atoms with Crippen LogP contribution in [0.4, 0.5) is 0 Å². The zero-order chi connectivity index (χ0) is 14.0. The lowest BCUT2D eigenvalue weighted by Crippen LogP contribution is -2.32. The largest absolute Gasteiger partial charge is 0.492 e. The maximum atomic E-state index is 12.2. The highest BCUT2D eigenvalue weighted by Crippen LogP contribution is 2.17. The number of aliphatic hydroxyl groups is 1. The quantitative estimate of drug-likeness (QED) is 0.679. The van der Waals surface area contributed by atoms with Gasteiger partial charge in [0.2, 0.25) is 5.88 Å². The molecule has 8 heteroatoms. The summed E-state index contributed by atoms with van der Waals surface area (Å²) in [5.74, 6) is -1.27. The third-order valence-electron chi connectivity index (χ3n) is 2.57. The molecule has 3 N–H and O–H groups in total. The summed E-state index contributed by atoms with van der Waals surface area (Å²) in [5.41, 5.74) is -0.318. The van der Waals surface area contributed by atoms with E-state index < -0.39 is 17.3 Å². The number of carbonyl (C=O) groups excluding carboxylic acids is 1. The van der Waals surface area contributed by atoms with Gasteiger partial charge in [-0.25, -0.2) is 0 Å². The first-order valence-corrected chi connectivity index (χ1v) is 6.53. The van der Waals surface area contributed by atoms with Crippen LogP contribution in [-0.4, -0.2) is 38.7 Å². The molecule has 102 valence electrons. The Labute approximate surface area is 112 Å². The van der Waals surface area contributed by atoms with Crippen LogP contribution in [0.5, 0.6) is 5.88 Å². The van der Waals surface area contributed by atoms with Gasteiger partial charge in [0.1, 0.15) is 0 Å². The fourth-order valence-corrected chi connectivity index (χ4v) is 2.49. The van der Waals surface area contributed by atoms with Crippen LogP contribution < -0.4 is 10.9 Å². The Morgan fingerprint density at radius 2 is 2.32 bits per heavy atom. The van der Waals surface area contributed by atoms with Gasteiger partial charge in [0, 0.05) is 24.2 Å². The average molecular weight is 283 g/mol. The van der Waals surface area contributed by atoms with E-state index in [0.717, 1.165) is 0 Å². The molecule has 7 nitrogen and oxygen atoms in total. The Morgan fingerprint density at radius 3 is 3.00 bits per heavy atom. The number of thiazole rings is 1. The van der Waals surface area contributed by atoms with Crippen LogP contribution in [0.25, 0.3) is 4.96 Å². The first-order valence-electron chi connectivity index (χ1n) is 5.65. The highest BCUT2D eigenvalue weighted by Gasteiger charge is 2.20. The van der Waals surface area contributed by atoms with Gasteiger partial charge in [-0.1, -0.05) is 0 Å². The van der Waals surface area contributed by atoms with Gasteiger partial charge in [0.05, 0.1) is 0 Å². The van der Waals surface area contributed by atoms with Crippen LogP contribution >= 0.6 is 11.3 Å². The zero-order valence-electron chi connectivity index (χ0n) is 10.2. The van der Waals surface area contributed by atoms with Crippen LogP contribution in [0.3, 0.4) is 0 Å². The number of aromatic nitrogens is 2. The Hall–Kier alpha value is -1.93. The highest BCUT2D eigenvalue weighted by atomic mass is 32.1. The molecule has 0 radical (unpaired) electrons. The van der Waals surface area contributed by atoms with Gasteiger partial charge in [-0.15, -0.1) is 11.3 Å². The molecule has 1 amide bonds. The van der Waals surface area contributed by atoms with Crippen molar-refractivity contribution in [3.63, 3.8) is 0 Å². The predicted molar refractivity (Wildman–Crippen MR) is 69.8 cm³/mol. The number of aryl methyl sites for hydroxylation is 1. The first kappa shape index (κ1) is 13.5. The molecule has 0 fully saturated rings. The molecule has 0 bridgehead atoms. The standard InChI is InChI=1S/C11H13N3O4S/c1-6-5-19-11-13-9(17)7(10(18)14(6)11)8(16)12-3-2-4-15/h5,15,17H,2-4H2,1H3,(H,12,16). The second-order valence-electron chi connectivity index (χ2n) is 3.94. The van der Waals surface area contributed by atoms with E-state index in [9.17, 15) is 14.7 Å². The summed E-state index contributed by atoms with van der Waals surface area (Å²) in [6, 6.07) is 0. The van der Waals surface area contributed by atoms with Gasteiger partial charge in [-0.05, 0) is 13.3 Å². The van der Waals surface area contributed by atoms with E-state index in [1.807, 2.05) is 0 Å². The third-order valence-corrected chi connectivity index (χ3v) is 3.51. The number of hydrogen-bond acceptors (Lipinski definition) is 6. The smallest absolute Gasteiger partial charge is 0.275 e. The van der Waals surface area contributed by atoms with E-state index in [4.69, 9.17) is 5.11 Å². The van der Waals surface area contributed by atoms with E-state index in [-0.39, 0.29) is 18.7 Å². The highest BCUT2D eigenvalue weighted by molar-refractivity contribution is 7.15. The van der Waals surface area contributed by atoms with Gasteiger partial charge in [-0.3, -0.25) is 14.0 Å². The summed E-state index contributed by atoms with van der Waals surface area (Å²) in [5, 5.41) is 22.5. The van der Waals surface area contributed by atoms with Crippen molar-refractivity contribution >= 4 is 22.2 Å². The van der Waals surface area contributed by atoms with Crippen LogP contribution in [0.15, 0.2) is 10.2 Å². The molecule has 0 spiro atoms. The van der Waals surface area contributed by atoms with Crippen molar-refractivity contribution in [1.82, 2.24) is 14.7 Å². The predicted octanol–water partition coefficient (Wildman–Crippen LogP) is -0.118. The summed E-state index contributed by atoms with van der Waals surface area (Å²) in [4.78, 5) is 28.2. The van der Waals surface area contributed by atoms with Crippen molar-refractivity contribution in [1.29, 1.82) is 0 Å². The van der Waals surface area contributed by atoms with Crippen molar-refractivity contribution in [3.8, 4) is 5.88 Å². The molecular formula is C11H13N3O4S. The lowest BCUT2D eigenvalue weighted by molar-refractivity contribution is 0.0946. The van der Waals surface area contributed by atoms with Gasteiger partial charge in [-0.2, -0.15) is 4.98 Å². The van der Waals surface area contributed by atoms with Crippen molar-refractivity contribution < 1.29 is 15.0 Å². The minimum Gasteiger partial charge on any atom is -0.492 e. The molecule has 0 aromatic carbocycles. The molecule has 2 rings (SSSR count). The number of nitrogens with one attached hydrogen (secondary N) is 1. The zero-order valence-corrected chi connectivity index (χ0v) is 11.0. The maximum Gasteiger partial charge on any atom is 0.275 e. The van der Waals surface area contributed by atoms with E-state index in [2.05, 4.69) is 10.3 Å². The number of aliphatic hydroxyl groups excluding tert-OH is 1. The van der Waals surface area contributed by atoms with Gasteiger partial charge in [0.25, 0.3) is 11.5 Å². The van der Waals surface area contributed by atoms with Crippen molar-refractivity contribution in [2.45, 2.75) is 13.3 Å². The second kappa shape index (κ2) is 5.37. The normalized spacial score (nSPS) is 10.8. The number of rotatable bonds is 4. The minimum absolute atomic E-state index is 0.0633. The molecule has 0 aliphatic heterocycles. The third kappa shape index (κ3) is 2.45. The molecule has 0 atom stereocenters. The molecule has 2 aromatic rings. The van der Waals surface area contributed by atoms with Crippen molar-refractivity contribution in [3.05, 3.63) is 27.0 Å². The first-order chi connectivity index (χ1) is 9.06. The number of aromatic hydroxyl groups is 1. The molecule has 0 unspecified atom stereocenters. The number of fused-ring (bicyclic) bond motifs is 1. The number of amides is 1. The number of hydrogen-bond donors (Lipinski definition) is 3. The van der Waals surface area contributed by atoms with Gasteiger partial charge >= 0.3 is 0 Å². The van der Waals surface area contributed by atoms with Crippen LogP contribution in [0, 0.1) is 6.92 Å². The summed E-state index contributed by atoms with van der Waals surface area (Å²) >= 11 is 1.21. The molecule has 0 saturated heterocycles. The summed E-state index contributed by atoms with van der Waals surface area (Å²) in [6.07, 6.45) is 0.376. The van der Waals surface area contributed by atoms with Crippen LogP contribution in [-0.2, 0) is 0 Å². The Morgan fingerprint density at radius 1 is 1.58 bits per heavy atom. The van der Waals surface area contributed by atoms with E-state index in [1.165, 1.54) is 15.7 Å². The molecule has 2 aromatic heterocycles. The fraction of sp³-hybridized carbons (Fsp3) is 0.364. The second-order valence-corrected chi connectivity index (χ2v) is 4.78. The lowest BCUT2D eigenvalue weighted by atomic mass is 10.3. The van der Waals surface area contributed by atoms with Gasteiger partial charge in [0.15, 0.2) is 10.5 Å². The lowest BCUT2D eigenvalue weighted by Gasteiger charge is -2.05. The Bertz CT molecular complexity index is 676. The number of carbonyl (C=O) groups is 1. The Balaban J connectivity index is 2.45. The van der Waals surface area contributed by atoms with Crippen LogP contribution in [0.1, 0.15) is 22.5 Å². The molecular weight excluding hydrogens is 270 g/mol. The maximum absolute atomic E-state index is 12.2. The van der Waals surface area contributed by atoms with Crippen molar-refractivity contribution in [2.24, 2.45) is 0 Å². The molecule has 19 heavy (non-hydrogen) atoms. The average Bonchev–Trinajstić information content (AvgIpc) is 2.71. The summed E-state index contributed by atoms with van der Waals surface area (Å²) in [6.45, 7) is 1.88. The van der Waals surface area contributed by atoms with E-state index in [0.29, 0.717) is 17.1 Å². The van der Waals surface area contributed by atoms with E-state index >= 15 is 0 Å². The van der Waals surface area contributed by atoms with Crippen molar-refractivity contribution in [2.75, 3.05) is 13.2 Å². The molecule has 0 aliphatic rings. The van der Waals surface area contributed by atoms with E-state index in [1.54, 1.807) is 12.3 Å². The molecule has 2 heterocycles. The summed E-state index contributed by atoms with van der Waals surface area (Å²) < 4.78 is 1.28. The Kier molecular flexibility index (Phi) is 3.82. The SMILES string of the molecule is Cc1csc2nc(O)c(C(=O)NCCCO)c(=O)n12. The van der Waals surface area contributed by atoms with Gasteiger partial charge < -0.3 is 15.5 Å². The number of nitrogens with zero attached hydrogens (tertiary/aromatic N) is 2. The molecule has 0 aliphatic carbocycles. The monoisotopic (exact) mass is 283 g/mol.